The monoisotopic (exact) mass is 274 g/mol. The fourth-order valence-corrected chi connectivity index (χ4v) is 2.97. The van der Waals surface area contributed by atoms with Gasteiger partial charge in [0.25, 0.3) is 0 Å². The minimum Gasteiger partial charge on any atom is -0.478 e. The van der Waals surface area contributed by atoms with E-state index < -0.39 is 5.97 Å². The number of rotatable bonds is 3. The predicted octanol–water partition coefficient (Wildman–Crippen LogP) is 3.60. The quantitative estimate of drug-likeness (QED) is 0.870. The van der Waals surface area contributed by atoms with Gasteiger partial charge in [0.2, 0.25) is 5.78 Å². The lowest BCUT2D eigenvalue weighted by Gasteiger charge is -2.11. The lowest BCUT2D eigenvalue weighted by Crippen LogP contribution is -2.13. The molecule has 0 aliphatic carbocycles. The van der Waals surface area contributed by atoms with E-state index in [2.05, 4.69) is 0 Å². The van der Waals surface area contributed by atoms with Crippen LogP contribution in [0.1, 0.15) is 42.3 Å². The number of aromatic carboxylic acids is 1. The Labute approximate surface area is 115 Å². The van der Waals surface area contributed by atoms with Gasteiger partial charge in [0.15, 0.2) is 0 Å². The summed E-state index contributed by atoms with van der Waals surface area (Å²) >= 11 is 1.34. The third-order valence-corrected chi connectivity index (χ3v) is 4.15. The summed E-state index contributed by atoms with van der Waals surface area (Å²) in [5.41, 5.74) is 2.60. The van der Waals surface area contributed by atoms with Gasteiger partial charge in [-0.05, 0) is 48.9 Å². The van der Waals surface area contributed by atoms with Crippen LogP contribution in [0, 0.1) is 20.8 Å². The van der Waals surface area contributed by atoms with Gasteiger partial charge >= 0.3 is 5.97 Å². The Kier molecular flexibility index (Phi) is 3.53. The second kappa shape index (κ2) is 4.97. The van der Waals surface area contributed by atoms with Crippen molar-refractivity contribution >= 4 is 23.1 Å². The normalized spacial score (nSPS) is 10.5. The van der Waals surface area contributed by atoms with Gasteiger partial charge in [-0.1, -0.05) is 12.1 Å². The topological polar surface area (TPSA) is 54.4 Å². The number of hydrogen-bond acceptors (Lipinski definition) is 3. The predicted molar refractivity (Wildman–Crippen MR) is 75.4 cm³/mol. The zero-order chi connectivity index (χ0) is 14.2. The van der Waals surface area contributed by atoms with E-state index in [0.717, 1.165) is 5.56 Å². The SMILES string of the molecule is Cc1ccsc1C(=O)c1c(C)ccc(C)c1C(=O)O. The minimum atomic E-state index is -1.06. The van der Waals surface area contributed by atoms with Crippen molar-refractivity contribution in [1.82, 2.24) is 0 Å². The molecule has 2 rings (SSSR count). The van der Waals surface area contributed by atoms with Crippen LogP contribution in [0.25, 0.3) is 0 Å². The van der Waals surface area contributed by atoms with Gasteiger partial charge in [0.1, 0.15) is 0 Å². The second-order valence-corrected chi connectivity index (χ2v) is 5.43. The fraction of sp³-hybridized carbons (Fsp3) is 0.200. The van der Waals surface area contributed by atoms with E-state index in [1.165, 1.54) is 11.3 Å². The lowest BCUT2D eigenvalue weighted by molar-refractivity contribution is 0.0692. The average Bonchev–Trinajstić information content (AvgIpc) is 2.76. The summed E-state index contributed by atoms with van der Waals surface area (Å²) < 4.78 is 0. The fourth-order valence-electron chi connectivity index (χ4n) is 2.10. The smallest absolute Gasteiger partial charge is 0.336 e. The Morgan fingerprint density at radius 3 is 2.00 bits per heavy atom. The van der Waals surface area contributed by atoms with Crippen LogP contribution in [-0.4, -0.2) is 16.9 Å². The van der Waals surface area contributed by atoms with Crippen molar-refractivity contribution < 1.29 is 14.7 Å². The highest BCUT2D eigenvalue weighted by molar-refractivity contribution is 7.12. The molecule has 4 heteroatoms. The van der Waals surface area contributed by atoms with Crippen molar-refractivity contribution in [3.8, 4) is 0 Å². The number of carbonyl (C=O) groups excluding carboxylic acids is 1. The molecule has 98 valence electrons. The van der Waals surface area contributed by atoms with Gasteiger partial charge in [-0.3, -0.25) is 4.79 Å². The standard InChI is InChI=1S/C15H14O3S/c1-8-4-5-9(2)12(15(17)18)11(8)13(16)14-10(3)6-7-19-14/h4-7H,1-3H3,(H,17,18). The van der Waals surface area contributed by atoms with E-state index in [9.17, 15) is 14.7 Å². The highest BCUT2D eigenvalue weighted by Gasteiger charge is 2.23. The molecule has 0 atom stereocenters. The van der Waals surface area contributed by atoms with Crippen LogP contribution in [-0.2, 0) is 0 Å². The van der Waals surface area contributed by atoms with Crippen molar-refractivity contribution in [2.45, 2.75) is 20.8 Å². The molecule has 1 aromatic heterocycles. The van der Waals surface area contributed by atoms with Gasteiger partial charge in [-0.15, -0.1) is 11.3 Å². The molecule has 0 aliphatic rings. The Morgan fingerprint density at radius 1 is 0.947 bits per heavy atom. The summed E-state index contributed by atoms with van der Waals surface area (Å²) in [5.74, 6) is -1.26. The number of carboxylic acid groups (broad SMARTS) is 1. The van der Waals surface area contributed by atoms with Crippen LogP contribution in [0.4, 0.5) is 0 Å². The number of benzene rings is 1. The maximum Gasteiger partial charge on any atom is 0.336 e. The maximum atomic E-state index is 12.6. The number of carbonyl (C=O) groups is 2. The molecular weight excluding hydrogens is 260 g/mol. The summed E-state index contributed by atoms with van der Waals surface area (Å²) in [6.07, 6.45) is 0. The Hall–Kier alpha value is -1.94. The largest absolute Gasteiger partial charge is 0.478 e. The molecule has 0 radical (unpaired) electrons. The molecule has 3 nitrogen and oxygen atoms in total. The van der Waals surface area contributed by atoms with Crippen molar-refractivity contribution in [3.63, 3.8) is 0 Å². The minimum absolute atomic E-state index is 0.109. The number of aryl methyl sites for hydroxylation is 3. The van der Waals surface area contributed by atoms with Crippen LogP contribution in [0.15, 0.2) is 23.6 Å². The van der Waals surface area contributed by atoms with E-state index in [0.29, 0.717) is 21.6 Å². The third kappa shape index (κ3) is 2.31. The molecule has 0 spiro atoms. The highest BCUT2D eigenvalue weighted by atomic mass is 32.1. The molecule has 0 fully saturated rings. The lowest BCUT2D eigenvalue weighted by atomic mass is 9.93. The zero-order valence-corrected chi connectivity index (χ0v) is 11.8. The Bertz CT molecular complexity index is 668. The molecule has 19 heavy (non-hydrogen) atoms. The molecule has 1 heterocycles. The zero-order valence-electron chi connectivity index (χ0n) is 11.0. The van der Waals surface area contributed by atoms with Crippen LogP contribution in [0.3, 0.4) is 0 Å². The van der Waals surface area contributed by atoms with Crippen molar-refractivity contribution in [2.24, 2.45) is 0 Å². The molecule has 0 bridgehead atoms. The molecule has 0 aliphatic heterocycles. The average molecular weight is 274 g/mol. The number of thiophene rings is 1. The summed E-state index contributed by atoms with van der Waals surface area (Å²) in [4.78, 5) is 24.6. The molecular formula is C15H14O3S. The molecule has 0 amide bonds. The van der Waals surface area contributed by atoms with Gasteiger partial charge in [-0.2, -0.15) is 0 Å². The Balaban J connectivity index is 2.69. The molecule has 1 N–H and O–H groups in total. The van der Waals surface area contributed by atoms with Crippen molar-refractivity contribution in [3.05, 3.63) is 56.3 Å². The summed E-state index contributed by atoms with van der Waals surface area (Å²) in [6.45, 7) is 5.33. The number of hydrogen-bond donors (Lipinski definition) is 1. The van der Waals surface area contributed by atoms with Crippen molar-refractivity contribution in [1.29, 1.82) is 0 Å². The van der Waals surface area contributed by atoms with Crippen LogP contribution >= 0.6 is 11.3 Å². The molecule has 2 aromatic rings. The van der Waals surface area contributed by atoms with Gasteiger partial charge < -0.3 is 5.11 Å². The number of carboxylic acids is 1. The molecule has 0 saturated carbocycles. The van der Waals surface area contributed by atoms with Crippen LogP contribution in [0.5, 0.6) is 0 Å². The van der Waals surface area contributed by atoms with E-state index in [-0.39, 0.29) is 11.3 Å². The summed E-state index contributed by atoms with van der Waals surface area (Å²) in [7, 11) is 0. The molecule has 0 saturated heterocycles. The van der Waals surface area contributed by atoms with Crippen LogP contribution in [0.2, 0.25) is 0 Å². The first-order chi connectivity index (χ1) is 8.93. The third-order valence-electron chi connectivity index (χ3n) is 3.13. The molecule has 0 unspecified atom stereocenters. The van der Waals surface area contributed by atoms with Crippen molar-refractivity contribution in [2.75, 3.05) is 0 Å². The van der Waals surface area contributed by atoms with E-state index >= 15 is 0 Å². The van der Waals surface area contributed by atoms with Gasteiger partial charge in [-0.25, -0.2) is 4.79 Å². The van der Waals surface area contributed by atoms with Crippen LogP contribution < -0.4 is 0 Å². The first-order valence-corrected chi connectivity index (χ1v) is 6.73. The second-order valence-electron chi connectivity index (χ2n) is 4.52. The van der Waals surface area contributed by atoms with E-state index in [1.54, 1.807) is 26.0 Å². The molecule has 1 aromatic carbocycles. The van der Waals surface area contributed by atoms with E-state index in [1.807, 2.05) is 18.4 Å². The van der Waals surface area contributed by atoms with Gasteiger partial charge in [0.05, 0.1) is 10.4 Å². The first-order valence-electron chi connectivity index (χ1n) is 5.85. The summed E-state index contributed by atoms with van der Waals surface area (Å²) in [5, 5.41) is 11.2. The maximum absolute atomic E-state index is 12.6. The summed E-state index contributed by atoms with van der Waals surface area (Å²) in [6, 6.07) is 5.39. The highest BCUT2D eigenvalue weighted by Crippen LogP contribution is 2.26. The Morgan fingerprint density at radius 2 is 1.53 bits per heavy atom. The number of ketones is 1. The van der Waals surface area contributed by atoms with E-state index in [4.69, 9.17) is 0 Å². The van der Waals surface area contributed by atoms with Gasteiger partial charge in [0, 0.05) is 5.56 Å². The first kappa shape index (κ1) is 13.5.